The van der Waals surface area contributed by atoms with Gasteiger partial charge in [0.15, 0.2) is 0 Å². The Morgan fingerprint density at radius 3 is 2.86 bits per heavy atom. The number of para-hydroxylation sites is 1. The SMILES string of the molecule is COCC(C)Oc1cccc(F)c1N. The van der Waals surface area contributed by atoms with E-state index in [2.05, 4.69) is 0 Å². The zero-order chi connectivity index (χ0) is 10.6. The Morgan fingerprint density at radius 2 is 2.21 bits per heavy atom. The molecule has 3 nitrogen and oxygen atoms in total. The summed E-state index contributed by atoms with van der Waals surface area (Å²) in [5, 5.41) is 0. The number of ether oxygens (including phenoxy) is 2. The highest BCUT2D eigenvalue weighted by molar-refractivity contribution is 5.53. The highest BCUT2D eigenvalue weighted by atomic mass is 19.1. The van der Waals surface area contributed by atoms with Crippen molar-refractivity contribution in [2.45, 2.75) is 13.0 Å². The van der Waals surface area contributed by atoms with Crippen molar-refractivity contribution in [1.82, 2.24) is 0 Å². The summed E-state index contributed by atoms with van der Waals surface area (Å²) >= 11 is 0. The van der Waals surface area contributed by atoms with Gasteiger partial charge in [-0.25, -0.2) is 4.39 Å². The van der Waals surface area contributed by atoms with Crippen molar-refractivity contribution >= 4 is 5.69 Å². The van der Waals surface area contributed by atoms with Crippen molar-refractivity contribution in [2.75, 3.05) is 19.5 Å². The third-order valence-corrected chi connectivity index (χ3v) is 1.74. The first-order valence-electron chi connectivity index (χ1n) is 4.34. The molecular formula is C10H14FNO2. The Morgan fingerprint density at radius 1 is 1.50 bits per heavy atom. The molecule has 0 amide bonds. The second-order valence-corrected chi connectivity index (χ2v) is 3.04. The smallest absolute Gasteiger partial charge is 0.149 e. The maximum absolute atomic E-state index is 13.0. The van der Waals surface area contributed by atoms with Crippen LogP contribution in [-0.2, 0) is 4.74 Å². The van der Waals surface area contributed by atoms with Crippen molar-refractivity contribution in [1.29, 1.82) is 0 Å². The van der Waals surface area contributed by atoms with Gasteiger partial charge in [0.2, 0.25) is 0 Å². The fourth-order valence-electron chi connectivity index (χ4n) is 1.11. The Bertz CT molecular complexity index is 304. The van der Waals surface area contributed by atoms with Crippen LogP contribution >= 0.6 is 0 Å². The molecule has 1 unspecified atom stereocenters. The highest BCUT2D eigenvalue weighted by Gasteiger charge is 2.08. The van der Waals surface area contributed by atoms with E-state index in [1.165, 1.54) is 6.07 Å². The topological polar surface area (TPSA) is 44.5 Å². The molecule has 1 rings (SSSR count). The van der Waals surface area contributed by atoms with Gasteiger partial charge in [0.25, 0.3) is 0 Å². The van der Waals surface area contributed by atoms with Gasteiger partial charge in [-0.15, -0.1) is 0 Å². The summed E-state index contributed by atoms with van der Waals surface area (Å²) in [5.41, 5.74) is 5.52. The summed E-state index contributed by atoms with van der Waals surface area (Å²) in [6, 6.07) is 4.48. The van der Waals surface area contributed by atoms with Crippen LogP contribution in [0.15, 0.2) is 18.2 Å². The third kappa shape index (κ3) is 2.60. The summed E-state index contributed by atoms with van der Waals surface area (Å²) in [7, 11) is 1.58. The lowest BCUT2D eigenvalue weighted by atomic mass is 10.3. The van der Waals surface area contributed by atoms with Gasteiger partial charge in [-0.3, -0.25) is 0 Å². The second-order valence-electron chi connectivity index (χ2n) is 3.04. The Labute approximate surface area is 82.6 Å². The fourth-order valence-corrected chi connectivity index (χ4v) is 1.11. The largest absolute Gasteiger partial charge is 0.486 e. The molecular weight excluding hydrogens is 185 g/mol. The lowest BCUT2D eigenvalue weighted by Gasteiger charge is -2.15. The Hall–Kier alpha value is -1.29. The average molecular weight is 199 g/mol. The number of anilines is 1. The molecule has 1 aromatic rings. The summed E-state index contributed by atoms with van der Waals surface area (Å²) < 4.78 is 23.2. The van der Waals surface area contributed by atoms with Gasteiger partial charge < -0.3 is 15.2 Å². The maximum Gasteiger partial charge on any atom is 0.149 e. The van der Waals surface area contributed by atoms with Gasteiger partial charge in [0, 0.05) is 7.11 Å². The quantitative estimate of drug-likeness (QED) is 0.752. The molecule has 0 aliphatic heterocycles. The molecule has 0 aliphatic carbocycles. The lowest BCUT2D eigenvalue weighted by Crippen LogP contribution is -2.18. The molecule has 1 aromatic carbocycles. The molecule has 14 heavy (non-hydrogen) atoms. The van der Waals surface area contributed by atoms with Crippen molar-refractivity contribution in [2.24, 2.45) is 0 Å². The van der Waals surface area contributed by atoms with Crippen LogP contribution in [0.4, 0.5) is 10.1 Å². The van der Waals surface area contributed by atoms with E-state index in [9.17, 15) is 4.39 Å². The molecule has 0 spiro atoms. The zero-order valence-corrected chi connectivity index (χ0v) is 8.29. The monoisotopic (exact) mass is 199 g/mol. The van der Waals surface area contributed by atoms with Crippen LogP contribution in [0.5, 0.6) is 5.75 Å². The maximum atomic E-state index is 13.0. The molecule has 1 atom stereocenters. The minimum absolute atomic E-state index is 0.0375. The summed E-state index contributed by atoms with van der Waals surface area (Å²) in [5.74, 6) is -0.110. The predicted molar refractivity (Wildman–Crippen MR) is 52.8 cm³/mol. The van der Waals surface area contributed by atoms with Crippen LogP contribution < -0.4 is 10.5 Å². The Kier molecular flexibility index (Phi) is 3.71. The molecule has 78 valence electrons. The minimum atomic E-state index is -0.466. The fraction of sp³-hybridized carbons (Fsp3) is 0.400. The number of hydrogen-bond acceptors (Lipinski definition) is 3. The molecule has 0 saturated heterocycles. The van der Waals surface area contributed by atoms with E-state index in [0.717, 1.165) is 0 Å². The van der Waals surface area contributed by atoms with Crippen LogP contribution in [0.1, 0.15) is 6.92 Å². The molecule has 0 saturated carbocycles. The predicted octanol–water partition coefficient (Wildman–Crippen LogP) is 1.82. The van der Waals surface area contributed by atoms with Crippen LogP contribution in [0.3, 0.4) is 0 Å². The number of benzene rings is 1. The number of halogens is 1. The number of nitrogen functional groups attached to an aromatic ring is 1. The second kappa shape index (κ2) is 4.81. The molecule has 0 aliphatic rings. The van der Waals surface area contributed by atoms with Crippen molar-refractivity contribution in [3.63, 3.8) is 0 Å². The standard InChI is InChI=1S/C10H14FNO2/c1-7(6-13-2)14-9-5-3-4-8(11)10(9)12/h3-5,7H,6,12H2,1-2H3. The highest BCUT2D eigenvalue weighted by Crippen LogP contribution is 2.24. The van der Waals surface area contributed by atoms with E-state index in [1.807, 2.05) is 6.92 Å². The van der Waals surface area contributed by atoms with E-state index >= 15 is 0 Å². The normalized spacial score (nSPS) is 12.5. The molecule has 0 radical (unpaired) electrons. The number of methoxy groups -OCH3 is 1. The average Bonchev–Trinajstić information content (AvgIpc) is 2.13. The van der Waals surface area contributed by atoms with E-state index in [0.29, 0.717) is 12.4 Å². The summed E-state index contributed by atoms with van der Waals surface area (Å²) in [6.07, 6.45) is -0.149. The Balaban J connectivity index is 2.71. The van der Waals surface area contributed by atoms with Crippen LogP contribution in [0.2, 0.25) is 0 Å². The van der Waals surface area contributed by atoms with Crippen LogP contribution in [-0.4, -0.2) is 19.8 Å². The molecule has 4 heteroatoms. The van der Waals surface area contributed by atoms with Gasteiger partial charge in [0.05, 0.1) is 6.61 Å². The van der Waals surface area contributed by atoms with Gasteiger partial charge >= 0.3 is 0 Å². The van der Waals surface area contributed by atoms with Gasteiger partial charge in [-0.05, 0) is 19.1 Å². The summed E-state index contributed by atoms with van der Waals surface area (Å²) in [6.45, 7) is 2.27. The van der Waals surface area contributed by atoms with E-state index in [4.69, 9.17) is 15.2 Å². The van der Waals surface area contributed by atoms with Gasteiger partial charge in [0.1, 0.15) is 23.4 Å². The van der Waals surface area contributed by atoms with Crippen molar-refractivity contribution in [3.05, 3.63) is 24.0 Å². The minimum Gasteiger partial charge on any atom is -0.486 e. The number of hydrogen-bond donors (Lipinski definition) is 1. The van der Waals surface area contributed by atoms with Crippen LogP contribution in [0, 0.1) is 5.82 Å². The number of rotatable bonds is 4. The first-order chi connectivity index (χ1) is 6.65. The van der Waals surface area contributed by atoms with Gasteiger partial charge in [-0.1, -0.05) is 6.07 Å². The molecule has 0 bridgehead atoms. The van der Waals surface area contributed by atoms with Crippen LogP contribution in [0.25, 0.3) is 0 Å². The van der Waals surface area contributed by atoms with E-state index in [1.54, 1.807) is 19.2 Å². The van der Waals surface area contributed by atoms with E-state index in [-0.39, 0.29) is 11.8 Å². The molecule has 2 N–H and O–H groups in total. The lowest BCUT2D eigenvalue weighted by molar-refractivity contribution is 0.0924. The molecule has 0 aromatic heterocycles. The molecule has 0 heterocycles. The number of nitrogens with two attached hydrogens (primary N) is 1. The van der Waals surface area contributed by atoms with Crippen molar-refractivity contribution < 1.29 is 13.9 Å². The summed E-state index contributed by atoms with van der Waals surface area (Å²) in [4.78, 5) is 0. The zero-order valence-electron chi connectivity index (χ0n) is 8.29. The van der Waals surface area contributed by atoms with Gasteiger partial charge in [-0.2, -0.15) is 0 Å². The first kappa shape index (κ1) is 10.8. The van der Waals surface area contributed by atoms with E-state index < -0.39 is 5.82 Å². The molecule has 0 fully saturated rings. The third-order valence-electron chi connectivity index (χ3n) is 1.74. The first-order valence-corrected chi connectivity index (χ1v) is 4.34. The van der Waals surface area contributed by atoms with Crippen molar-refractivity contribution in [3.8, 4) is 5.75 Å².